The molecular formula is C22H25BrN4O4S. The minimum absolute atomic E-state index is 0.000329. The normalized spacial score (nSPS) is 10.1. The van der Waals surface area contributed by atoms with Crippen molar-refractivity contribution in [2.75, 3.05) is 11.9 Å². The Kier molecular flexibility index (Phi) is 9.61. The first kappa shape index (κ1) is 25.3. The van der Waals surface area contributed by atoms with Gasteiger partial charge in [0.2, 0.25) is 11.8 Å². The van der Waals surface area contributed by atoms with E-state index in [1.54, 1.807) is 6.07 Å². The second-order valence-electron chi connectivity index (χ2n) is 7.12. The summed E-state index contributed by atoms with van der Waals surface area (Å²) in [6.45, 7) is 5.50. The summed E-state index contributed by atoms with van der Waals surface area (Å²) in [7, 11) is 0. The van der Waals surface area contributed by atoms with Crippen LogP contribution in [0.15, 0.2) is 40.9 Å². The molecule has 0 aliphatic rings. The van der Waals surface area contributed by atoms with Crippen molar-refractivity contribution in [2.24, 2.45) is 0 Å². The van der Waals surface area contributed by atoms with Gasteiger partial charge < -0.3 is 10.1 Å². The maximum atomic E-state index is 12.1. The van der Waals surface area contributed by atoms with Gasteiger partial charge in [0.05, 0.1) is 0 Å². The molecule has 10 heteroatoms. The molecule has 0 saturated carbocycles. The van der Waals surface area contributed by atoms with Crippen molar-refractivity contribution in [3.8, 4) is 5.75 Å². The van der Waals surface area contributed by atoms with Crippen molar-refractivity contribution in [1.29, 1.82) is 0 Å². The zero-order chi connectivity index (χ0) is 23.7. The molecular weight excluding hydrogens is 496 g/mol. The Morgan fingerprint density at radius 1 is 0.906 bits per heavy atom. The number of nitrogens with one attached hydrogen (secondary N) is 4. The highest BCUT2D eigenvalue weighted by Crippen LogP contribution is 2.22. The molecule has 170 valence electrons. The summed E-state index contributed by atoms with van der Waals surface area (Å²) >= 11 is 8.33. The van der Waals surface area contributed by atoms with E-state index < -0.39 is 11.8 Å². The van der Waals surface area contributed by atoms with Gasteiger partial charge >= 0.3 is 0 Å². The Morgan fingerprint density at radius 2 is 1.62 bits per heavy atom. The van der Waals surface area contributed by atoms with Crippen molar-refractivity contribution in [3.63, 3.8) is 0 Å². The predicted octanol–water partition coefficient (Wildman–Crippen LogP) is 3.19. The van der Waals surface area contributed by atoms with E-state index in [2.05, 4.69) is 37.4 Å². The minimum atomic E-state index is -0.480. The number of carbonyl (C=O) groups excluding carboxylic acids is 3. The minimum Gasteiger partial charge on any atom is -0.483 e. The van der Waals surface area contributed by atoms with Crippen LogP contribution in [0.4, 0.5) is 5.69 Å². The number of hydrogen-bond acceptors (Lipinski definition) is 5. The van der Waals surface area contributed by atoms with Crippen LogP contribution >= 0.6 is 28.1 Å². The summed E-state index contributed by atoms with van der Waals surface area (Å²) in [6.07, 6.45) is -0.0490. The molecule has 3 amide bonds. The van der Waals surface area contributed by atoms with Crippen LogP contribution in [0.3, 0.4) is 0 Å². The molecule has 0 fully saturated rings. The molecule has 0 aromatic heterocycles. The van der Waals surface area contributed by atoms with Crippen molar-refractivity contribution in [1.82, 2.24) is 16.2 Å². The lowest BCUT2D eigenvalue weighted by atomic mass is 10.1. The molecule has 0 aliphatic heterocycles. The molecule has 0 aliphatic carbocycles. The second-order valence-corrected chi connectivity index (χ2v) is 8.44. The Bertz CT molecular complexity index is 1030. The van der Waals surface area contributed by atoms with E-state index in [-0.39, 0.29) is 30.5 Å². The van der Waals surface area contributed by atoms with E-state index in [0.29, 0.717) is 11.4 Å². The summed E-state index contributed by atoms with van der Waals surface area (Å²) in [5, 5.41) is 5.09. The zero-order valence-corrected chi connectivity index (χ0v) is 20.4. The van der Waals surface area contributed by atoms with E-state index in [1.807, 2.05) is 51.1 Å². The monoisotopic (exact) mass is 520 g/mol. The number of thiocarbonyl (C=S) groups is 1. The Hall–Kier alpha value is -2.98. The number of hydrogen-bond donors (Lipinski definition) is 4. The fraction of sp³-hybridized carbons (Fsp3) is 0.273. The van der Waals surface area contributed by atoms with Gasteiger partial charge in [0.25, 0.3) is 5.91 Å². The molecule has 0 atom stereocenters. The van der Waals surface area contributed by atoms with Crippen molar-refractivity contribution >= 4 is 56.7 Å². The molecule has 2 aromatic carbocycles. The van der Waals surface area contributed by atoms with Crippen LogP contribution in [0.2, 0.25) is 0 Å². The molecule has 0 bridgehead atoms. The quantitative estimate of drug-likeness (QED) is 0.329. The first-order valence-electron chi connectivity index (χ1n) is 9.79. The van der Waals surface area contributed by atoms with Crippen LogP contribution in [0.1, 0.15) is 29.5 Å². The number of aryl methyl sites for hydroxylation is 3. The molecule has 2 aromatic rings. The van der Waals surface area contributed by atoms with Gasteiger partial charge in [0.1, 0.15) is 5.75 Å². The van der Waals surface area contributed by atoms with E-state index in [4.69, 9.17) is 17.0 Å². The van der Waals surface area contributed by atoms with Crippen molar-refractivity contribution < 1.29 is 19.1 Å². The van der Waals surface area contributed by atoms with Gasteiger partial charge in [-0.3, -0.25) is 30.6 Å². The zero-order valence-electron chi connectivity index (χ0n) is 18.0. The van der Waals surface area contributed by atoms with Crippen LogP contribution in [0, 0.1) is 20.8 Å². The number of benzene rings is 2. The third-order valence-corrected chi connectivity index (χ3v) is 5.00. The summed E-state index contributed by atoms with van der Waals surface area (Å²) < 4.78 is 6.37. The Morgan fingerprint density at radius 3 is 2.31 bits per heavy atom. The van der Waals surface area contributed by atoms with Gasteiger partial charge in [-0.05, 0) is 68.4 Å². The number of hydrazine groups is 1. The van der Waals surface area contributed by atoms with Crippen LogP contribution < -0.4 is 26.2 Å². The lowest BCUT2D eigenvalue weighted by Crippen LogP contribution is -2.49. The van der Waals surface area contributed by atoms with E-state index in [1.165, 1.54) is 0 Å². The number of carbonyl (C=O) groups is 3. The standard InChI is InChI=1S/C22H25BrN4O4S/c1-13-4-6-17(14(2)10-13)24-19(28)8-9-20(29)26-27-22(32)25-21(30)12-31-18-7-5-16(23)11-15(18)3/h4-7,10-11H,8-9,12H2,1-3H3,(H,24,28)(H,26,29)(H2,25,27,30,32). The Labute approximate surface area is 200 Å². The fourth-order valence-electron chi connectivity index (χ4n) is 2.69. The molecule has 0 radical (unpaired) electrons. The highest BCUT2D eigenvalue weighted by molar-refractivity contribution is 9.10. The molecule has 8 nitrogen and oxygen atoms in total. The van der Waals surface area contributed by atoms with E-state index >= 15 is 0 Å². The van der Waals surface area contributed by atoms with E-state index in [9.17, 15) is 14.4 Å². The lowest BCUT2D eigenvalue weighted by molar-refractivity contribution is -0.125. The topological polar surface area (TPSA) is 109 Å². The molecule has 0 heterocycles. The van der Waals surface area contributed by atoms with Gasteiger partial charge in [-0.15, -0.1) is 0 Å². The highest BCUT2D eigenvalue weighted by atomic mass is 79.9. The van der Waals surface area contributed by atoms with Crippen LogP contribution in [0.5, 0.6) is 5.75 Å². The van der Waals surface area contributed by atoms with Crippen LogP contribution in [-0.4, -0.2) is 29.4 Å². The predicted molar refractivity (Wildman–Crippen MR) is 130 cm³/mol. The number of halogens is 1. The molecule has 0 saturated heterocycles. The van der Waals surface area contributed by atoms with Gasteiger partial charge in [-0.2, -0.15) is 0 Å². The largest absolute Gasteiger partial charge is 0.483 e. The average Bonchev–Trinajstić information content (AvgIpc) is 2.72. The SMILES string of the molecule is Cc1ccc(NC(=O)CCC(=O)NNC(=S)NC(=O)COc2ccc(Br)cc2C)c(C)c1. The first-order valence-corrected chi connectivity index (χ1v) is 11.0. The summed E-state index contributed by atoms with van der Waals surface area (Å²) in [6, 6.07) is 11.1. The number of ether oxygens (including phenoxy) is 1. The maximum absolute atomic E-state index is 12.1. The van der Waals surface area contributed by atoms with Gasteiger partial charge in [0, 0.05) is 23.0 Å². The van der Waals surface area contributed by atoms with Crippen molar-refractivity contribution in [2.45, 2.75) is 33.6 Å². The third kappa shape index (κ3) is 8.64. The smallest absolute Gasteiger partial charge is 0.264 e. The second kappa shape index (κ2) is 12.2. The summed E-state index contributed by atoms with van der Waals surface area (Å²) in [5.41, 5.74) is 8.41. The van der Waals surface area contributed by atoms with Crippen LogP contribution in [-0.2, 0) is 14.4 Å². The Balaban J connectivity index is 1.65. The lowest BCUT2D eigenvalue weighted by Gasteiger charge is -2.12. The van der Waals surface area contributed by atoms with Gasteiger partial charge in [-0.1, -0.05) is 33.6 Å². The first-order chi connectivity index (χ1) is 15.1. The van der Waals surface area contributed by atoms with Crippen LogP contribution in [0.25, 0.3) is 0 Å². The number of rotatable bonds is 7. The number of amides is 3. The third-order valence-electron chi connectivity index (χ3n) is 4.30. The average molecular weight is 521 g/mol. The number of anilines is 1. The van der Waals surface area contributed by atoms with Crippen molar-refractivity contribution in [3.05, 3.63) is 57.6 Å². The highest BCUT2D eigenvalue weighted by Gasteiger charge is 2.11. The summed E-state index contributed by atoms with van der Waals surface area (Å²) in [4.78, 5) is 35.9. The molecule has 32 heavy (non-hydrogen) atoms. The molecule has 4 N–H and O–H groups in total. The van der Waals surface area contributed by atoms with E-state index in [0.717, 1.165) is 21.2 Å². The molecule has 0 spiro atoms. The molecule has 2 rings (SSSR count). The maximum Gasteiger partial charge on any atom is 0.264 e. The van der Waals surface area contributed by atoms with Gasteiger partial charge in [-0.25, -0.2) is 0 Å². The van der Waals surface area contributed by atoms with Gasteiger partial charge in [0.15, 0.2) is 11.7 Å². The molecule has 0 unspecified atom stereocenters. The summed E-state index contributed by atoms with van der Waals surface area (Å²) in [5.74, 6) is -0.621. The fourth-order valence-corrected chi connectivity index (χ4v) is 3.34.